The van der Waals surface area contributed by atoms with Crippen LogP contribution in [0.3, 0.4) is 0 Å². The van der Waals surface area contributed by atoms with Crippen LogP contribution in [0.2, 0.25) is 0 Å². The predicted octanol–water partition coefficient (Wildman–Crippen LogP) is 3.58. The minimum Gasteiger partial charge on any atom is -0.337 e. The number of carbonyl (C=O) groups is 1. The number of amides is 1. The minimum absolute atomic E-state index is 0.00367. The molecule has 1 aromatic rings. The first-order valence-electron chi connectivity index (χ1n) is 8.42. The highest BCUT2D eigenvalue weighted by Gasteiger charge is 2.32. The van der Waals surface area contributed by atoms with Gasteiger partial charge in [0.1, 0.15) is 6.04 Å². The van der Waals surface area contributed by atoms with Crippen LogP contribution in [-0.4, -0.2) is 27.5 Å². The lowest BCUT2D eigenvalue weighted by molar-refractivity contribution is -0.135. The number of carbonyl (C=O) groups excluding carboxylic acids is 1. The summed E-state index contributed by atoms with van der Waals surface area (Å²) in [5.74, 6) is 2.16. The van der Waals surface area contributed by atoms with E-state index >= 15 is 0 Å². The summed E-state index contributed by atoms with van der Waals surface area (Å²) in [7, 11) is 0. The molecule has 116 valence electrons. The van der Waals surface area contributed by atoms with Gasteiger partial charge in [-0.2, -0.15) is 4.98 Å². The number of aromatic nitrogens is 2. The molecule has 0 bridgehead atoms. The van der Waals surface area contributed by atoms with Crippen LogP contribution in [0.1, 0.15) is 88.4 Å². The lowest BCUT2D eigenvalue weighted by atomic mass is 9.89. The monoisotopic (exact) mass is 291 g/mol. The van der Waals surface area contributed by atoms with Crippen LogP contribution in [0.5, 0.6) is 0 Å². The Morgan fingerprint density at radius 3 is 2.71 bits per heavy atom. The van der Waals surface area contributed by atoms with Crippen molar-refractivity contribution in [1.82, 2.24) is 15.0 Å². The fourth-order valence-electron chi connectivity index (χ4n) is 3.60. The van der Waals surface area contributed by atoms with E-state index in [0.717, 1.165) is 31.6 Å². The summed E-state index contributed by atoms with van der Waals surface area (Å²) in [5.41, 5.74) is 0. The first-order valence-corrected chi connectivity index (χ1v) is 8.42. The molecule has 0 N–H and O–H groups in total. The lowest BCUT2D eigenvalue weighted by Gasteiger charge is -2.33. The second-order valence-electron chi connectivity index (χ2n) is 6.28. The van der Waals surface area contributed by atoms with E-state index in [-0.39, 0.29) is 11.9 Å². The summed E-state index contributed by atoms with van der Waals surface area (Å²) in [6, 6.07) is -0.00367. The Balaban J connectivity index is 1.75. The second kappa shape index (κ2) is 6.58. The molecule has 1 saturated heterocycles. The van der Waals surface area contributed by atoms with Crippen molar-refractivity contribution >= 4 is 5.91 Å². The van der Waals surface area contributed by atoms with Gasteiger partial charge in [-0.25, -0.2) is 0 Å². The molecule has 1 aromatic heterocycles. The van der Waals surface area contributed by atoms with E-state index in [0.29, 0.717) is 18.2 Å². The van der Waals surface area contributed by atoms with Crippen molar-refractivity contribution in [3.63, 3.8) is 0 Å². The Morgan fingerprint density at radius 2 is 1.95 bits per heavy atom. The molecule has 2 heterocycles. The minimum atomic E-state index is -0.00367. The number of piperidine rings is 1. The number of nitrogens with zero attached hydrogens (tertiary/aromatic N) is 3. The molecule has 5 nitrogen and oxygen atoms in total. The summed E-state index contributed by atoms with van der Waals surface area (Å²) in [5, 5.41) is 4.21. The Labute approximate surface area is 126 Å². The number of hydrogen-bond donors (Lipinski definition) is 0. The maximum Gasteiger partial charge on any atom is 0.249 e. The summed E-state index contributed by atoms with van der Waals surface area (Å²) in [6.07, 6.45) is 9.87. The first-order chi connectivity index (χ1) is 10.3. The van der Waals surface area contributed by atoms with Gasteiger partial charge in [-0.1, -0.05) is 31.3 Å². The van der Waals surface area contributed by atoms with Gasteiger partial charge in [0.25, 0.3) is 0 Å². The van der Waals surface area contributed by atoms with E-state index < -0.39 is 0 Å². The van der Waals surface area contributed by atoms with Gasteiger partial charge >= 0.3 is 0 Å². The van der Waals surface area contributed by atoms with E-state index in [1.165, 1.54) is 32.1 Å². The summed E-state index contributed by atoms with van der Waals surface area (Å²) < 4.78 is 5.53. The number of hydrogen-bond acceptors (Lipinski definition) is 4. The molecule has 0 spiro atoms. The maximum atomic E-state index is 12.1. The zero-order valence-corrected chi connectivity index (χ0v) is 12.9. The predicted molar refractivity (Wildman–Crippen MR) is 78.7 cm³/mol. The fraction of sp³-hybridized carbons (Fsp3) is 0.812. The third-order valence-electron chi connectivity index (χ3n) is 4.84. The number of rotatable bonds is 3. The molecule has 0 radical (unpaired) electrons. The smallest absolute Gasteiger partial charge is 0.249 e. The third-order valence-corrected chi connectivity index (χ3v) is 4.84. The zero-order chi connectivity index (χ0) is 14.7. The van der Waals surface area contributed by atoms with Crippen LogP contribution < -0.4 is 0 Å². The lowest BCUT2D eigenvalue weighted by Crippen LogP contribution is -2.38. The van der Waals surface area contributed by atoms with Gasteiger partial charge < -0.3 is 9.42 Å². The highest BCUT2D eigenvalue weighted by Crippen LogP contribution is 2.34. The van der Waals surface area contributed by atoms with Crippen molar-refractivity contribution in [2.45, 2.75) is 76.7 Å². The van der Waals surface area contributed by atoms with Gasteiger partial charge in [-0.05, 0) is 32.1 Å². The van der Waals surface area contributed by atoms with Gasteiger partial charge in [-0.3, -0.25) is 4.79 Å². The highest BCUT2D eigenvalue weighted by molar-refractivity contribution is 5.76. The third kappa shape index (κ3) is 3.11. The average Bonchev–Trinajstić information content (AvgIpc) is 3.05. The molecule has 0 aromatic carbocycles. The van der Waals surface area contributed by atoms with Gasteiger partial charge in [0.15, 0.2) is 5.82 Å². The molecule has 1 aliphatic heterocycles. The van der Waals surface area contributed by atoms with E-state index in [2.05, 4.69) is 10.1 Å². The van der Waals surface area contributed by atoms with Crippen molar-refractivity contribution in [1.29, 1.82) is 0 Å². The second-order valence-corrected chi connectivity index (χ2v) is 6.28. The Morgan fingerprint density at radius 1 is 1.19 bits per heavy atom. The van der Waals surface area contributed by atoms with E-state index in [1.54, 1.807) is 0 Å². The van der Waals surface area contributed by atoms with Crippen LogP contribution in [0.25, 0.3) is 0 Å². The molecule has 21 heavy (non-hydrogen) atoms. The topological polar surface area (TPSA) is 59.2 Å². The van der Waals surface area contributed by atoms with Crippen molar-refractivity contribution in [3.8, 4) is 0 Å². The van der Waals surface area contributed by atoms with Gasteiger partial charge in [0.2, 0.25) is 11.8 Å². The zero-order valence-electron chi connectivity index (χ0n) is 12.9. The van der Waals surface area contributed by atoms with Crippen molar-refractivity contribution < 1.29 is 9.32 Å². The maximum absolute atomic E-state index is 12.1. The van der Waals surface area contributed by atoms with Gasteiger partial charge in [0, 0.05) is 18.9 Å². The number of likely N-dealkylation sites (tertiary alicyclic amines) is 1. The highest BCUT2D eigenvalue weighted by atomic mass is 16.5. The van der Waals surface area contributed by atoms with Gasteiger partial charge in [-0.15, -0.1) is 0 Å². The molecule has 1 atom stereocenters. The molecule has 5 heteroatoms. The summed E-state index contributed by atoms with van der Waals surface area (Å²) >= 11 is 0. The van der Waals surface area contributed by atoms with E-state index in [9.17, 15) is 4.79 Å². The SMILES string of the molecule is CCC(=O)N1CCCCC1c1nc(C2CCCCC2)no1. The largest absolute Gasteiger partial charge is 0.337 e. The molecule has 3 rings (SSSR count). The van der Waals surface area contributed by atoms with Crippen LogP contribution in [0.4, 0.5) is 0 Å². The van der Waals surface area contributed by atoms with Crippen molar-refractivity contribution in [3.05, 3.63) is 11.7 Å². The first kappa shape index (κ1) is 14.5. The normalized spacial score (nSPS) is 24.2. The quantitative estimate of drug-likeness (QED) is 0.854. The average molecular weight is 291 g/mol. The molecule has 1 aliphatic carbocycles. The molecule has 1 saturated carbocycles. The van der Waals surface area contributed by atoms with E-state index in [1.807, 2.05) is 11.8 Å². The van der Waals surface area contributed by atoms with Crippen LogP contribution in [0.15, 0.2) is 4.52 Å². The van der Waals surface area contributed by atoms with E-state index in [4.69, 9.17) is 4.52 Å². The molecular formula is C16H25N3O2. The standard InChI is InChI=1S/C16H25N3O2/c1-2-14(20)19-11-7-6-10-13(19)16-17-15(18-21-16)12-8-4-3-5-9-12/h12-13H,2-11H2,1H3. The fourth-order valence-corrected chi connectivity index (χ4v) is 3.60. The molecule has 1 unspecified atom stereocenters. The summed E-state index contributed by atoms with van der Waals surface area (Å²) in [4.78, 5) is 18.7. The molecular weight excluding hydrogens is 266 g/mol. The van der Waals surface area contributed by atoms with Crippen LogP contribution in [-0.2, 0) is 4.79 Å². The van der Waals surface area contributed by atoms with Crippen LogP contribution >= 0.6 is 0 Å². The summed E-state index contributed by atoms with van der Waals surface area (Å²) in [6.45, 7) is 2.73. The van der Waals surface area contributed by atoms with Gasteiger partial charge in [0.05, 0.1) is 0 Å². The Hall–Kier alpha value is -1.39. The van der Waals surface area contributed by atoms with Crippen molar-refractivity contribution in [2.24, 2.45) is 0 Å². The molecule has 2 fully saturated rings. The Kier molecular flexibility index (Phi) is 4.56. The molecule has 1 amide bonds. The molecule has 2 aliphatic rings. The van der Waals surface area contributed by atoms with Crippen LogP contribution in [0, 0.1) is 0 Å². The Bertz CT molecular complexity index is 480. The van der Waals surface area contributed by atoms with Crippen molar-refractivity contribution in [2.75, 3.05) is 6.54 Å².